The number of aryl methyl sites for hydroxylation is 1. The van der Waals surface area contributed by atoms with Crippen LogP contribution < -0.4 is 0 Å². The van der Waals surface area contributed by atoms with E-state index in [2.05, 4.69) is 9.97 Å². The third-order valence-corrected chi connectivity index (χ3v) is 3.29. The van der Waals surface area contributed by atoms with Crippen molar-refractivity contribution in [3.63, 3.8) is 0 Å². The van der Waals surface area contributed by atoms with E-state index in [1.165, 1.54) is 17.7 Å². The van der Waals surface area contributed by atoms with E-state index in [-0.39, 0.29) is 5.69 Å². The van der Waals surface area contributed by atoms with Gasteiger partial charge in [0.05, 0.1) is 16.8 Å². The molecule has 0 bridgehead atoms. The molecule has 0 saturated carbocycles. The van der Waals surface area contributed by atoms with Gasteiger partial charge in [0.1, 0.15) is 5.82 Å². The Morgan fingerprint density at radius 2 is 1.62 bits per heavy atom. The number of nitrogens with one attached hydrogen (secondary N) is 1. The molecule has 21 heavy (non-hydrogen) atoms. The number of rotatable bonds is 3. The molecule has 5 heteroatoms. The zero-order valence-electron chi connectivity index (χ0n) is 11.4. The van der Waals surface area contributed by atoms with Crippen LogP contribution in [0.5, 0.6) is 0 Å². The monoisotopic (exact) mass is 279 g/mol. The molecule has 1 N–H and O–H groups in total. The lowest BCUT2D eigenvalue weighted by atomic mass is 10.1. The van der Waals surface area contributed by atoms with Crippen molar-refractivity contribution in [2.24, 2.45) is 0 Å². The van der Waals surface area contributed by atoms with Crippen molar-refractivity contribution >= 4 is 5.69 Å². The van der Waals surface area contributed by atoms with E-state index >= 15 is 0 Å². The third kappa shape index (κ3) is 2.67. The second-order valence-corrected chi connectivity index (χ2v) is 4.82. The van der Waals surface area contributed by atoms with Crippen LogP contribution in [-0.2, 0) is 0 Å². The van der Waals surface area contributed by atoms with E-state index in [0.717, 1.165) is 16.8 Å². The summed E-state index contributed by atoms with van der Waals surface area (Å²) in [5, 5.41) is 10.6. The summed E-state index contributed by atoms with van der Waals surface area (Å²) in [5.74, 6) is 0.695. The predicted molar refractivity (Wildman–Crippen MR) is 80.9 cm³/mol. The summed E-state index contributed by atoms with van der Waals surface area (Å²) in [4.78, 5) is 17.8. The van der Waals surface area contributed by atoms with Crippen molar-refractivity contribution in [2.75, 3.05) is 0 Å². The van der Waals surface area contributed by atoms with Crippen molar-refractivity contribution in [3.05, 3.63) is 70.4 Å². The number of hydrogen-bond acceptors (Lipinski definition) is 3. The molecule has 104 valence electrons. The number of nitro groups is 1. The SMILES string of the molecule is Cc1ccc(-c2cnc(-c3ccc([N+](=O)[O-])cc3)[nH]2)cc1. The molecule has 3 rings (SSSR count). The minimum absolute atomic E-state index is 0.0732. The molecule has 0 amide bonds. The Bertz CT molecular complexity index is 774. The van der Waals surface area contributed by atoms with E-state index in [4.69, 9.17) is 0 Å². The highest BCUT2D eigenvalue weighted by Crippen LogP contribution is 2.24. The van der Waals surface area contributed by atoms with Gasteiger partial charge >= 0.3 is 0 Å². The quantitative estimate of drug-likeness (QED) is 0.582. The van der Waals surface area contributed by atoms with Gasteiger partial charge in [-0.3, -0.25) is 10.1 Å². The van der Waals surface area contributed by atoms with E-state index in [0.29, 0.717) is 5.82 Å². The third-order valence-electron chi connectivity index (χ3n) is 3.29. The van der Waals surface area contributed by atoms with Crippen LogP contribution in [0.3, 0.4) is 0 Å². The molecular formula is C16H13N3O2. The van der Waals surface area contributed by atoms with Crippen molar-refractivity contribution in [2.45, 2.75) is 6.92 Å². The van der Waals surface area contributed by atoms with Gasteiger partial charge in [-0.1, -0.05) is 29.8 Å². The largest absolute Gasteiger partial charge is 0.338 e. The van der Waals surface area contributed by atoms with Crippen LogP contribution in [0.2, 0.25) is 0 Å². The fraction of sp³-hybridized carbons (Fsp3) is 0.0625. The lowest BCUT2D eigenvalue weighted by Gasteiger charge is -1.99. The lowest BCUT2D eigenvalue weighted by molar-refractivity contribution is -0.384. The highest BCUT2D eigenvalue weighted by atomic mass is 16.6. The molecule has 0 aliphatic rings. The van der Waals surface area contributed by atoms with Gasteiger partial charge in [-0.2, -0.15) is 0 Å². The molecule has 1 heterocycles. The predicted octanol–water partition coefficient (Wildman–Crippen LogP) is 3.96. The highest BCUT2D eigenvalue weighted by molar-refractivity contribution is 5.65. The molecule has 3 aromatic rings. The van der Waals surface area contributed by atoms with Crippen molar-refractivity contribution in [3.8, 4) is 22.6 Å². The number of nitro benzene ring substituents is 1. The molecule has 5 nitrogen and oxygen atoms in total. The Hall–Kier alpha value is -2.95. The summed E-state index contributed by atoms with van der Waals surface area (Å²) in [7, 11) is 0. The first-order valence-electron chi connectivity index (χ1n) is 6.50. The molecule has 2 aromatic carbocycles. The number of aromatic amines is 1. The number of aromatic nitrogens is 2. The van der Waals surface area contributed by atoms with Crippen LogP contribution in [0, 0.1) is 17.0 Å². The molecular weight excluding hydrogens is 266 g/mol. The maximum atomic E-state index is 10.6. The smallest absolute Gasteiger partial charge is 0.269 e. The highest BCUT2D eigenvalue weighted by Gasteiger charge is 2.08. The van der Waals surface area contributed by atoms with Crippen LogP contribution in [-0.4, -0.2) is 14.9 Å². The van der Waals surface area contributed by atoms with Crippen molar-refractivity contribution in [1.82, 2.24) is 9.97 Å². The van der Waals surface area contributed by atoms with Crippen LogP contribution in [0.1, 0.15) is 5.56 Å². The molecule has 0 aliphatic carbocycles. The van der Waals surface area contributed by atoms with Gasteiger partial charge in [0.15, 0.2) is 0 Å². The Kier molecular flexibility index (Phi) is 3.23. The first kappa shape index (κ1) is 13.1. The zero-order valence-corrected chi connectivity index (χ0v) is 11.4. The van der Waals surface area contributed by atoms with Gasteiger partial charge in [-0.05, 0) is 24.6 Å². The van der Waals surface area contributed by atoms with Crippen LogP contribution in [0.15, 0.2) is 54.7 Å². The van der Waals surface area contributed by atoms with Crippen LogP contribution >= 0.6 is 0 Å². The Labute approximate surface area is 121 Å². The fourth-order valence-electron chi connectivity index (χ4n) is 2.09. The standard InChI is InChI=1S/C16H13N3O2/c1-11-2-4-12(5-3-11)15-10-17-16(18-15)13-6-8-14(9-7-13)19(20)21/h2-10H,1H3,(H,17,18). The van der Waals surface area contributed by atoms with Gasteiger partial charge in [0.2, 0.25) is 0 Å². The summed E-state index contributed by atoms with van der Waals surface area (Å²) in [5.41, 5.74) is 4.07. The van der Waals surface area contributed by atoms with Crippen molar-refractivity contribution < 1.29 is 4.92 Å². The maximum absolute atomic E-state index is 10.6. The number of imidazole rings is 1. The summed E-state index contributed by atoms with van der Waals surface area (Å²) >= 11 is 0. The second-order valence-electron chi connectivity index (χ2n) is 4.82. The van der Waals surface area contributed by atoms with Gasteiger partial charge in [-0.15, -0.1) is 0 Å². The number of non-ortho nitro benzene ring substituents is 1. The van der Waals surface area contributed by atoms with Crippen LogP contribution in [0.25, 0.3) is 22.6 Å². The minimum atomic E-state index is -0.413. The topological polar surface area (TPSA) is 71.8 Å². The molecule has 0 saturated heterocycles. The minimum Gasteiger partial charge on any atom is -0.338 e. The summed E-state index contributed by atoms with van der Waals surface area (Å²) < 4.78 is 0. The van der Waals surface area contributed by atoms with Gasteiger partial charge in [-0.25, -0.2) is 4.98 Å². The molecule has 0 fully saturated rings. The van der Waals surface area contributed by atoms with E-state index in [9.17, 15) is 10.1 Å². The normalized spacial score (nSPS) is 10.5. The van der Waals surface area contributed by atoms with Gasteiger partial charge in [0.25, 0.3) is 5.69 Å². The average Bonchev–Trinajstić information content (AvgIpc) is 2.98. The van der Waals surface area contributed by atoms with Gasteiger partial charge in [0, 0.05) is 17.7 Å². The lowest BCUT2D eigenvalue weighted by Crippen LogP contribution is -1.87. The molecule has 0 unspecified atom stereocenters. The number of nitrogens with zero attached hydrogens (tertiary/aromatic N) is 2. The number of H-pyrrole nitrogens is 1. The Balaban J connectivity index is 1.90. The van der Waals surface area contributed by atoms with E-state index in [1.807, 2.05) is 31.2 Å². The molecule has 0 aliphatic heterocycles. The zero-order chi connectivity index (χ0) is 14.8. The fourth-order valence-corrected chi connectivity index (χ4v) is 2.09. The molecule has 0 atom stereocenters. The summed E-state index contributed by atoms with van der Waals surface area (Å²) in [6, 6.07) is 14.5. The Morgan fingerprint density at radius 3 is 2.24 bits per heavy atom. The summed E-state index contributed by atoms with van der Waals surface area (Å²) in [6.07, 6.45) is 1.77. The first-order chi connectivity index (χ1) is 10.1. The maximum Gasteiger partial charge on any atom is 0.269 e. The van der Waals surface area contributed by atoms with Gasteiger partial charge < -0.3 is 4.98 Å². The molecule has 0 spiro atoms. The first-order valence-corrected chi connectivity index (χ1v) is 6.50. The van der Waals surface area contributed by atoms with Crippen LogP contribution in [0.4, 0.5) is 5.69 Å². The molecule has 1 aromatic heterocycles. The number of hydrogen-bond donors (Lipinski definition) is 1. The Morgan fingerprint density at radius 1 is 1.00 bits per heavy atom. The summed E-state index contributed by atoms with van der Waals surface area (Å²) in [6.45, 7) is 2.04. The second kappa shape index (κ2) is 5.20. The average molecular weight is 279 g/mol. The number of benzene rings is 2. The van der Waals surface area contributed by atoms with Crippen molar-refractivity contribution in [1.29, 1.82) is 0 Å². The van der Waals surface area contributed by atoms with E-state index < -0.39 is 4.92 Å². The molecule has 0 radical (unpaired) electrons. The van der Waals surface area contributed by atoms with E-state index in [1.54, 1.807) is 18.3 Å².